The predicted molar refractivity (Wildman–Crippen MR) is 67.1 cm³/mol. The van der Waals surface area contributed by atoms with E-state index in [4.69, 9.17) is 4.74 Å². The van der Waals surface area contributed by atoms with Crippen molar-refractivity contribution < 1.29 is 9.13 Å². The van der Waals surface area contributed by atoms with E-state index in [2.05, 4.69) is 9.88 Å². The number of pyridine rings is 1. The number of ether oxygens (including phenoxy) is 1. The lowest BCUT2D eigenvalue weighted by Crippen LogP contribution is -2.37. The summed E-state index contributed by atoms with van der Waals surface area (Å²) in [5.74, 6) is 0.146. The number of rotatable bonds is 3. The minimum absolute atomic E-state index is 0.343. The summed E-state index contributed by atoms with van der Waals surface area (Å²) in [4.78, 5) is 6.27. The highest BCUT2D eigenvalue weighted by Gasteiger charge is 2.38. The molecule has 98 valence electrons. The summed E-state index contributed by atoms with van der Waals surface area (Å²) in [5.41, 5.74) is 2.44. The van der Waals surface area contributed by atoms with E-state index < -0.39 is 0 Å². The van der Waals surface area contributed by atoms with Crippen LogP contribution < -0.4 is 0 Å². The molecule has 1 saturated heterocycles. The third-order valence-electron chi connectivity index (χ3n) is 4.34. The molecule has 0 unspecified atom stereocenters. The Hall–Kier alpha value is -1.00. The first kappa shape index (κ1) is 12.1. The Balaban J connectivity index is 1.82. The molecule has 2 aliphatic rings. The first-order chi connectivity index (χ1) is 8.79. The molecular weight excluding hydrogens is 231 g/mol. The average Bonchev–Trinajstić information content (AvgIpc) is 2.79. The third-order valence-corrected chi connectivity index (χ3v) is 4.34. The van der Waals surface area contributed by atoms with E-state index >= 15 is 0 Å². The Morgan fingerprint density at radius 3 is 3.22 bits per heavy atom. The van der Waals surface area contributed by atoms with Crippen molar-refractivity contribution in [1.82, 2.24) is 9.88 Å². The average molecular weight is 250 g/mol. The minimum Gasteiger partial charge on any atom is -0.383 e. The van der Waals surface area contributed by atoms with Crippen LogP contribution in [0.15, 0.2) is 12.3 Å². The smallest absolute Gasteiger partial charge is 0.213 e. The lowest BCUT2D eigenvalue weighted by Gasteiger charge is -2.33. The molecule has 0 saturated carbocycles. The fraction of sp³-hybridized carbons (Fsp3) is 0.643. The summed E-state index contributed by atoms with van der Waals surface area (Å²) in [6, 6.07) is 2.21. The van der Waals surface area contributed by atoms with Gasteiger partial charge >= 0.3 is 0 Å². The first-order valence-corrected chi connectivity index (χ1v) is 6.67. The minimum atomic E-state index is -0.343. The maximum absolute atomic E-state index is 13.3. The second-order valence-electron chi connectivity index (χ2n) is 5.24. The van der Waals surface area contributed by atoms with E-state index in [9.17, 15) is 4.39 Å². The summed E-state index contributed by atoms with van der Waals surface area (Å²) in [6.07, 6.45) is 5.03. The van der Waals surface area contributed by atoms with Crippen molar-refractivity contribution in [1.29, 1.82) is 0 Å². The molecule has 18 heavy (non-hydrogen) atoms. The molecule has 0 spiro atoms. The molecule has 4 heteroatoms. The maximum atomic E-state index is 13.3. The molecule has 1 aromatic rings. The number of hydrogen-bond donors (Lipinski definition) is 0. The van der Waals surface area contributed by atoms with Gasteiger partial charge < -0.3 is 4.74 Å². The van der Waals surface area contributed by atoms with Crippen molar-refractivity contribution in [3.8, 4) is 0 Å². The van der Waals surface area contributed by atoms with Crippen LogP contribution >= 0.6 is 0 Å². The molecule has 0 N–H and O–H groups in total. The van der Waals surface area contributed by atoms with Gasteiger partial charge in [-0.3, -0.25) is 4.90 Å². The molecule has 1 aliphatic carbocycles. The van der Waals surface area contributed by atoms with Crippen LogP contribution in [0.2, 0.25) is 0 Å². The lowest BCUT2D eigenvalue weighted by atomic mass is 9.80. The maximum Gasteiger partial charge on any atom is 0.213 e. The molecule has 1 aliphatic heterocycles. The summed E-state index contributed by atoms with van der Waals surface area (Å²) < 4.78 is 18.5. The van der Waals surface area contributed by atoms with Crippen LogP contribution in [-0.4, -0.2) is 42.7 Å². The van der Waals surface area contributed by atoms with Crippen LogP contribution in [-0.2, 0) is 11.2 Å². The van der Waals surface area contributed by atoms with Crippen molar-refractivity contribution in [2.45, 2.75) is 31.2 Å². The number of aryl methyl sites for hydroxylation is 1. The van der Waals surface area contributed by atoms with E-state index in [-0.39, 0.29) is 5.95 Å². The van der Waals surface area contributed by atoms with Gasteiger partial charge in [0, 0.05) is 31.8 Å². The largest absolute Gasteiger partial charge is 0.383 e. The van der Waals surface area contributed by atoms with E-state index in [1.165, 1.54) is 11.1 Å². The number of hydrogen-bond acceptors (Lipinski definition) is 3. The fourth-order valence-electron chi connectivity index (χ4n) is 3.48. The molecule has 0 aromatic carbocycles. The standard InChI is InChI=1S/C14H19FN2O/c1-18-7-6-17-5-4-11-12-8-14(15)16-9-10(12)2-3-13(11)17/h8-9,11,13H,2-7H2,1H3/t11-,13+/m0/s1. The van der Waals surface area contributed by atoms with Gasteiger partial charge in [0.15, 0.2) is 0 Å². The molecule has 2 heterocycles. The van der Waals surface area contributed by atoms with Crippen LogP contribution in [0.5, 0.6) is 0 Å². The van der Waals surface area contributed by atoms with E-state index in [0.717, 1.165) is 39.0 Å². The Kier molecular flexibility index (Phi) is 3.31. The van der Waals surface area contributed by atoms with Gasteiger partial charge in [0.2, 0.25) is 5.95 Å². The van der Waals surface area contributed by atoms with E-state index in [1.807, 2.05) is 0 Å². The highest BCUT2D eigenvalue weighted by Crippen LogP contribution is 2.41. The molecule has 1 aromatic heterocycles. The van der Waals surface area contributed by atoms with Crippen LogP contribution in [0.4, 0.5) is 4.39 Å². The van der Waals surface area contributed by atoms with E-state index in [1.54, 1.807) is 19.4 Å². The molecule has 3 nitrogen and oxygen atoms in total. The SMILES string of the molecule is COCCN1CC[C@H]2c3cc(F)ncc3CC[C@H]21. The number of likely N-dealkylation sites (tertiary alicyclic amines) is 1. The second kappa shape index (κ2) is 4.94. The van der Waals surface area contributed by atoms with Crippen molar-refractivity contribution in [2.75, 3.05) is 26.8 Å². The van der Waals surface area contributed by atoms with Gasteiger partial charge in [0.1, 0.15) is 0 Å². The van der Waals surface area contributed by atoms with Crippen molar-refractivity contribution in [3.05, 3.63) is 29.3 Å². The van der Waals surface area contributed by atoms with Gasteiger partial charge in [-0.15, -0.1) is 0 Å². The zero-order valence-electron chi connectivity index (χ0n) is 10.7. The van der Waals surface area contributed by atoms with Gasteiger partial charge in [-0.05, 0) is 43.0 Å². The lowest BCUT2D eigenvalue weighted by molar-refractivity contribution is 0.134. The number of halogens is 1. The topological polar surface area (TPSA) is 25.4 Å². The summed E-state index contributed by atoms with van der Waals surface area (Å²) >= 11 is 0. The highest BCUT2D eigenvalue weighted by atomic mass is 19.1. The zero-order valence-corrected chi connectivity index (χ0v) is 10.7. The summed E-state index contributed by atoms with van der Waals surface area (Å²) in [5, 5.41) is 0. The fourth-order valence-corrected chi connectivity index (χ4v) is 3.48. The van der Waals surface area contributed by atoms with Gasteiger partial charge in [-0.2, -0.15) is 4.39 Å². The number of nitrogens with zero attached hydrogens (tertiary/aromatic N) is 2. The van der Waals surface area contributed by atoms with Crippen molar-refractivity contribution in [2.24, 2.45) is 0 Å². The molecule has 0 bridgehead atoms. The van der Waals surface area contributed by atoms with Gasteiger partial charge in [-0.25, -0.2) is 4.98 Å². The van der Waals surface area contributed by atoms with Gasteiger partial charge in [0.05, 0.1) is 6.61 Å². The van der Waals surface area contributed by atoms with E-state index in [0.29, 0.717) is 12.0 Å². The molecule has 2 atom stereocenters. The highest BCUT2D eigenvalue weighted by molar-refractivity contribution is 5.33. The number of fused-ring (bicyclic) bond motifs is 3. The molecular formula is C14H19FN2O. The van der Waals surface area contributed by atoms with Crippen molar-refractivity contribution >= 4 is 0 Å². The monoisotopic (exact) mass is 250 g/mol. The molecule has 3 rings (SSSR count). The number of aromatic nitrogens is 1. The summed E-state index contributed by atoms with van der Waals surface area (Å²) in [7, 11) is 1.74. The van der Waals surface area contributed by atoms with Crippen molar-refractivity contribution in [3.63, 3.8) is 0 Å². The third kappa shape index (κ3) is 2.04. The second-order valence-corrected chi connectivity index (χ2v) is 5.24. The quantitative estimate of drug-likeness (QED) is 0.767. The Morgan fingerprint density at radius 2 is 2.39 bits per heavy atom. The molecule has 0 amide bonds. The molecule has 0 radical (unpaired) electrons. The summed E-state index contributed by atoms with van der Waals surface area (Å²) in [6.45, 7) is 2.86. The Labute approximate surface area is 107 Å². The van der Waals surface area contributed by atoms with Crippen LogP contribution in [0.25, 0.3) is 0 Å². The predicted octanol–water partition coefficient (Wildman–Crippen LogP) is 1.97. The first-order valence-electron chi connectivity index (χ1n) is 6.67. The number of methoxy groups -OCH3 is 1. The van der Waals surface area contributed by atoms with Crippen LogP contribution in [0.1, 0.15) is 29.9 Å². The normalized spacial score (nSPS) is 27.0. The van der Waals surface area contributed by atoms with Crippen LogP contribution in [0, 0.1) is 5.95 Å². The van der Waals surface area contributed by atoms with Crippen LogP contribution in [0.3, 0.4) is 0 Å². The van der Waals surface area contributed by atoms with Gasteiger partial charge in [-0.1, -0.05) is 0 Å². The molecule has 1 fully saturated rings. The van der Waals surface area contributed by atoms with Gasteiger partial charge in [0.25, 0.3) is 0 Å². The Bertz CT molecular complexity index is 438. The zero-order chi connectivity index (χ0) is 12.5. The Morgan fingerprint density at radius 1 is 1.50 bits per heavy atom.